The topological polar surface area (TPSA) is 56.0 Å². The molecule has 4 nitrogen and oxygen atoms in total. The Morgan fingerprint density at radius 1 is 1.60 bits per heavy atom. The molecule has 82 valence electrons. The van der Waals surface area contributed by atoms with Gasteiger partial charge in [-0.15, -0.1) is 11.6 Å². The van der Waals surface area contributed by atoms with Gasteiger partial charge in [-0.25, -0.2) is 13.2 Å². The molecule has 0 amide bonds. The molecule has 1 rings (SSSR count). The van der Waals surface area contributed by atoms with Crippen LogP contribution in [0.5, 0.6) is 0 Å². The molecule has 8 heteroatoms. The largest absolute Gasteiger partial charge is 0.375 e. The van der Waals surface area contributed by atoms with Crippen molar-refractivity contribution in [1.82, 2.24) is 4.98 Å². The molecule has 0 spiro atoms. The second-order valence-corrected chi connectivity index (χ2v) is 2.79. The molecule has 1 aromatic heterocycles. The summed E-state index contributed by atoms with van der Waals surface area (Å²) in [4.78, 5) is 12.4. The molecule has 1 aromatic rings. The monoisotopic (exact) mass is 240 g/mol. The van der Waals surface area contributed by atoms with Gasteiger partial charge in [0.2, 0.25) is 0 Å². The maximum atomic E-state index is 13.0. The lowest BCUT2D eigenvalue weighted by molar-refractivity contribution is -0.391. The zero-order valence-electron chi connectivity index (χ0n) is 7.08. The lowest BCUT2D eigenvalue weighted by Gasteiger charge is -2.03. The molecule has 1 heterocycles. The van der Waals surface area contributed by atoms with Crippen LogP contribution in [0.3, 0.4) is 0 Å². The van der Waals surface area contributed by atoms with E-state index in [0.717, 1.165) is 0 Å². The van der Waals surface area contributed by atoms with Crippen LogP contribution in [0.25, 0.3) is 0 Å². The minimum Gasteiger partial charge on any atom is -0.358 e. The Morgan fingerprint density at radius 3 is 2.60 bits per heavy atom. The smallest absolute Gasteiger partial charge is 0.358 e. The van der Waals surface area contributed by atoms with Gasteiger partial charge in [0.05, 0.1) is 5.88 Å². The minimum absolute atomic E-state index is 0.162. The number of hydrogen-bond acceptors (Lipinski definition) is 3. The molecule has 0 atom stereocenters. The van der Waals surface area contributed by atoms with Gasteiger partial charge in [0.15, 0.2) is 11.3 Å². The summed E-state index contributed by atoms with van der Waals surface area (Å²) in [5.41, 5.74) is -1.47. The molecule has 0 saturated heterocycles. The first-order valence-corrected chi connectivity index (χ1v) is 4.18. The summed E-state index contributed by atoms with van der Waals surface area (Å²) in [7, 11) is 0. The van der Waals surface area contributed by atoms with E-state index in [1.807, 2.05) is 0 Å². The number of rotatable bonds is 3. The molecule has 0 aliphatic heterocycles. The van der Waals surface area contributed by atoms with Crippen molar-refractivity contribution >= 4 is 17.4 Å². The molecule has 0 N–H and O–H groups in total. The number of hydrogen-bond donors (Lipinski definition) is 0. The van der Waals surface area contributed by atoms with Gasteiger partial charge in [0.1, 0.15) is 5.82 Å². The van der Waals surface area contributed by atoms with Crippen molar-refractivity contribution in [2.24, 2.45) is 0 Å². The van der Waals surface area contributed by atoms with E-state index in [1.54, 1.807) is 0 Å². The van der Waals surface area contributed by atoms with Crippen molar-refractivity contribution in [3.8, 4) is 0 Å². The van der Waals surface area contributed by atoms with Gasteiger partial charge in [-0.05, 0) is 9.91 Å². The lowest BCUT2D eigenvalue weighted by Crippen LogP contribution is -2.04. The standard InChI is InChI=1S/C7H4ClF3N2O2/c8-2-3-1-4(9)5(6(10)11)7(12-3)13(14)15/h1,6H,2H2. The van der Waals surface area contributed by atoms with Gasteiger partial charge in [-0.3, -0.25) is 0 Å². The predicted octanol–water partition coefficient (Wildman–Crippen LogP) is 2.81. The first kappa shape index (κ1) is 11.7. The van der Waals surface area contributed by atoms with Gasteiger partial charge in [-0.2, -0.15) is 0 Å². The molecule has 0 aliphatic rings. The highest BCUT2D eigenvalue weighted by Crippen LogP contribution is 2.30. The zero-order valence-corrected chi connectivity index (χ0v) is 7.84. The van der Waals surface area contributed by atoms with Crippen molar-refractivity contribution in [1.29, 1.82) is 0 Å². The molecule has 0 radical (unpaired) electrons. The molecule has 0 aliphatic carbocycles. The second-order valence-electron chi connectivity index (χ2n) is 2.52. The van der Waals surface area contributed by atoms with Crippen molar-refractivity contribution in [3.63, 3.8) is 0 Å². The van der Waals surface area contributed by atoms with E-state index in [9.17, 15) is 23.3 Å². The molecule has 0 unspecified atom stereocenters. The first-order chi connectivity index (χ1) is 6.97. The van der Waals surface area contributed by atoms with Crippen molar-refractivity contribution in [3.05, 3.63) is 33.3 Å². The number of nitrogens with zero attached hydrogens (tertiary/aromatic N) is 2. The summed E-state index contributed by atoms with van der Waals surface area (Å²) in [6.07, 6.45) is -3.29. The summed E-state index contributed by atoms with van der Waals surface area (Å²) in [6.45, 7) is 0. The SMILES string of the molecule is O=[N+]([O-])c1nc(CCl)cc(F)c1C(F)F. The summed E-state index contributed by atoms with van der Waals surface area (Å²) in [6, 6.07) is 0.654. The van der Waals surface area contributed by atoms with E-state index in [2.05, 4.69) is 4.98 Å². The minimum atomic E-state index is -3.29. The maximum Gasteiger partial charge on any atom is 0.375 e. The van der Waals surface area contributed by atoms with Crippen LogP contribution in [0.2, 0.25) is 0 Å². The summed E-state index contributed by atoms with van der Waals surface area (Å²) in [5, 5.41) is 10.3. The number of halogens is 4. The predicted molar refractivity (Wildman–Crippen MR) is 45.4 cm³/mol. The van der Waals surface area contributed by atoms with Crippen LogP contribution in [-0.2, 0) is 5.88 Å². The van der Waals surface area contributed by atoms with Crippen LogP contribution in [0.4, 0.5) is 19.0 Å². The van der Waals surface area contributed by atoms with Gasteiger partial charge in [0, 0.05) is 6.07 Å². The number of pyridine rings is 1. The molecular weight excluding hydrogens is 237 g/mol. The van der Waals surface area contributed by atoms with E-state index in [0.29, 0.717) is 6.07 Å². The van der Waals surface area contributed by atoms with Gasteiger partial charge in [0.25, 0.3) is 6.43 Å². The second kappa shape index (κ2) is 4.43. The summed E-state index contributed by atoms with van der Waals surface area (Å²) in [5.74, 6) is -2.86. The molecule has 0 bridgehead atoms. The Kier molecular flexibility index (Phi) is 3.46. The maximum absolute atomic E-state index is 13.0. The normalized spacial score (nSPS) is 10.7. The summed E-state index contributed by atoms with van der Waals surface area (Å²) < 4.78 is 37.6. The van der Waals surface area contributed by atoms with Gasteiger partial charge in [-0.1, -0.05) is 0 Å². The average molecular weight is 241 g/mol. The summed E-state index contributed by atoms with van der Waals surface area (Å²) >= 11 is 5.27. The third-order valence-corrected chi connectivity index (χ3v) is 1.84. The van der Waals surface area contributed by atoms with E-state index in [1.165, 1.54) is 0 Å². The van der Waals surface area contributed by atoms with Crippen LogP contribution in [-0.4, -0.2) is 9.91 Å². The Bertz CT molecular complexity index is 400. The molecule has 0 aromatic carbocycles. The first-order valence-electron chi connectivity index (χ1n) is 3.65. The Morgan fingerprint density at radius 2 is 2.20 bits per heavy atom. The fourth-order valence-corrected chi connectivity index (χ4v) is 1.11. The van der Waals surface area contributed by atoms with E-state index >= 15 is 0 Å². The molecule has 15 heavy (non-hydrogen) atoms. The third kappa shape index (κ3) is 2.35. The fourth-order valence-electron chi connectivity index (χ4n) is 0.969. The van der Waals surface area contributed by atoms with Crippen molar-refractivity contribution in [2.45, 2.75) is 12.3 Å². The highest BCUT2D eigenvalue weighted by Gasteiger charge is 2.29. The third-order valence-electron chi connectivity index (χ3n) is 1.57. The molecule has 0 fully saturated rings. The van der Waals surface area contributed by atoms with Crippen LogP contribution in [0.1, 0.15) is 17.7 Å². The number of nitro groups is 1. The van der Waals surface area contributed by atoms with Gasteiger partial charge >= 0.3 is 5.82 Å². The van der Waals surface area contributed by atoms with E-state index in [-0.39, 0.29) is 11.6 Å². The number of aromatic nitrogens is 1. The van der Waals surface area contributed by atoms with Crippen LogP contribution < -0.4 is 0 Å². The van der Waals surface area contributed by atoms with Crippen LogP contribution >= 0.6 is 11.6 Å². The Labute approximate surface area is 86.8 Å². The van der Waals surface area contributed by atoms with Crippen molar-refractivity contribution in [2.75, 3.05) is 0 Å². The van der Waals surface area contributed by atoms with Crippen LogP contribution in [0, 0.1) is 15.9 Å². The fraction of sp³-hybridized carbons (Fsp3) is 0.286. The van der Waals surface area contributed by atoms with E-state index < -0.39 is 28.5 Å². The Balaban J connectivity index is 3.42. The number of alkyl halides is 3. The average Bonchev–Trinajstić information content (AvgIpc) is 2.15. The van der Waals surface area contributed by atoms with Crippen molar-refractivity contribution < 1.29 is 18.1 Å². The highest BCUT2D eigenvalue weighted by atomic mass is 35.5. The van der Waals surface area contributed by atoms with E-state index in [4.69, 9.17) is 11.6 Å². The van der Waals surface area contributed by atoms with Gasteiger partial charge < -0.3 is 10.1 Å². The quantitative estimate of drug-likeness (QED) is 0.464. The molecular formula is C7H4ClF3N2O2. The highest BCUT2D eigenvalue weighted by molar-refractivity contribution is 6.16. The Hall–Kier alpha value is -1.37. The lowest BCUT2D eigenvalue weighted by atomic mass is 10.2. The molecule has 0 saturated carbocycles. The van der Waals surface area contributed by atoms with Crippen LogP contribution in [0.15, 0.2) is 6.07 Å². The zero-order chi connectivity index (χ0) is 11.6.